The maximum absolute atomic E-state index is 13.0. The summed E-state index contributed by atoms with van der Waals surface area (Å²) in [5.41, 5.74) is 1.53. The first kappa shape index (κ1) is 23.8. The summed E-state index contributed by atoms with van der Waals surface area (Å²) in [6, 6.07) is 13.8. The number of amides is 3. The predicted octanol–water partition coefficient (Wildman–Crippen LogP) is 4.93. The van der Waals surface area contributed by atoms with Gasteiger partial charge >= 0.3 is 0 Å². The fraction of sp³-hybridized carbons (Fsp3) is 0.346. The number of imide groups is 1. The summed E-state index contributed by atoms with van der Waals surface area (Å²) in [6.07, 6.45) is 5.61. The van der Waals surface area contributed by atoms with Crippen LogP contribution in [0.2, 0.25) is 0 Å². The van der Waals surface area contributed by atoms with Gasteiger partial charge < -0.3 is 15.0 Å². The van der Waals surface area contributed by atoms with E-state index in [0.29, 0.717) is 29.3 Å². The number of carbonyl (C=O) groups excluding carboxylic acids is 3. The minimum absolute atomic E-state index is 0.000971. The summed E-state index contributed by atoms with van der Waals surface area (Å²) in [6.45, 7) is 2.39. The van der Waals surface area contributed by atoms with Crippen molar-refractivity contribution in [3.8, 4) is 5.75 Å². The van der Waals surface area contributed by atoms with E-state index in [-0.39, 0.29) is 22.7 Å². The van der Waals surface area contributed by atoms with Crippen molar-refractivity contribution >= 4 is 40.7 Å². The molecule has 8 heteroatoms. The van der Waals surface area contributed by atoms with Crippen LogP contribution in [0.5, 0.6) is 5.75 Å². The fourth-order valence-electron chi connectivity index (χ4n) is 4.38. The predicted molar refractivity (Wildman–Crippen MR) is 132 cm³/mol. The topological polar surface area (TPSA) is 79.0 Å². The third kappa shape index (κ3) is 4.80. The van der Waals surface area contributed by atoms with E-state index in [4.69, 9.17) is 16.3 Å². The standard InChI is InChI=1S/C26H28ClN3O4/c1-3-34-21-15-13-20(14-16-21)30-25(32)22(27)23(26(30)33)28-18-11-9-17(10-12-18)24(31)29(2)19-7-5-4-6-8-19/h9-16,19,28H,3-8H2,1-2H3. The summed E-state index contributed by atoms with van der Waals surface area (Å²) in [5.74, 6) is -0.522. The molecule has 1 saturated carbocycles. The highest BCUT2D eigenvalue weighted by molar-refractivity contribution is 6.53. The number of ether oxygens (including phenoxy) is 1. The van der Waals surface area contributed by atoms with Crippen molar-refractivity contribution in [1.29, 1.82) is 0 Å². The highest BCUT2D eigenvalue weighted by atomic mass is 35.5. The van der Waals surface area contributed by atoms with Crippen molar-refractivity contribution in [3.05, 3.63) is 64.8 Å². The van der Waals surface area contributed by atoms with Gasteiger partial charge in [0.1, 0.15) is 16.5 Å². The molecule has 0 saturated heterocycles. The van der Waals surface area contributed by atoms with Crippen LogP contribution in [0.4, 0.5) is 11.4 Å². The van der Waals surface area contributed by atoms with Gasteiger partial charge in [-0.25, -0.2) is 4.90 Å². The lowest BCUT2D eigenvalue weighted by atomic mass is 9.94. The molecule has 1 fully saturated rings. The first-order valence-corrected chi connectivity index (χ1v) is 11.9. The van der Waals surface area contributed by atoms with Gasteiger partial charge in [-0.3, -0.25) is 14.4 Å². The molecular formula is C26H28ClN3O4. The van der Waals surface area contributed by atoms with E-state index in [1.54, 1.807) is 48.5 Å². The fourth-order valence-corrected chi connectivity index (χ4v) is 4.59. The van der Waals surface area contributed by atoms with Gasteiger partial charge in [-0.1, -0.05) is 30.9 Å². The Hall–Kier alpha value is -3.32. The number of rotatable bonds is 7. The number of carbonyl (C=O) groups is 3. The Kier molecular flexibility index (Phi) is 7.22. The summed E-state index contributed by atoms with van der Waals surface area (Å²) < 4.78 is 5.41. The van der Waals surface area contributed by atoms with Gasteiger partial charge in [0.2, 0.25) is 0 Å². The molecule has 4 rings (SSSR count). The molecule has 1 aliphatic heterocycles. The van der Waals surface area contributed by atoms with Crippen LogP contribution in [-0.4, -0.2) is 42.3 Å². The lowest BCUT2D eigenvalue weighted by Gasteiger charge is -2.31. The van der Waals surface area contributed by atoms with Crippen molar-refractivity contribution in [2.24, 2.45) is 0 Å². The molecule has 178 valence electrons. The second-order valence-corrected chi connectivity index (χ2v) is 8.85. The number of hydrogen-bond donors (Lipinski definition) is 1. The molecule has 2 aromatic carbocycles. The van der Waals surface area contributed by atoms with Gasteiger partial charge in [0.15, 0.2) is 0 Å². The molecule has 0 atom stereocenters. The van der Waals surface area contributed by atoms with E-state index in [1.807, 2.05) is 18.9 Å². The zero-order chi connectivity index (χ0) is 24.2. The molecule has 1 N–H and O–H groups in total. The normalized spacial score (nSPS) is 16.7. The van der Waals surface area contributed by atoms with Crippen molar-refractivity contribution in [2.75, 3.05) is 23.9 Å². The van der Waals surface area contributed by atoms with E-state index in [2.05, 4.69) is 5.32 Å². The molecule has 2 aliphatic rings. The Labute approximate surface area is 204 Å². The van der Waals surface area contributed by atoms with Crippen LogP contribution in [0.25, 0.3) is 0 Å². The molecule has 1 heterocycles. The Morgan fingerprint density at radius 2 is 1.68 bits per heavy atom. The van der Waals surface area contributed by atoms with Crippen LogP contribution < -0.4 is 15.0 Å². The third-order valence-electron chi connectivity index (χ3n) is 6.28. The zero-order valence-electron chi connectivity index (χ0n) is 19.3. The van der Waals surface area contributed by atoms with Crippen LogP contribution in [0.3, 0.4) is 0 Å². The van der Waals surface area contributed by atoms with Gasteiger partial charge in [-0.15, -0.1) is 0 Å². The van der Waals surface area contributed by atoms with Crippen molar-refractivity contribution in [1.82, 2.24) is 4.90 Å². The van der Waals surface area contributed by atoms with Gasteiger partial charge in [0, 0.05) is 24.3 Å². The number of nitrogens with one attached hydrogen (secondary N) is 1. The smallest absolute Gasteiger partial charge is 0.283 e. The Bertz CT molecular complexity index is 1110. The van der Waals surface area contributed by atoms with E-state index in [1.165, 1.54) is 6.42 Å². The van der Waals surface area contributed by atoms with Gasteiger partial charge in [-0.2, -0.15) is 0 Å². The quantitative estimate of drug-likeness (QED) is 0.567. The Morgan fingerprint density at radius 1 is 1.03 bits per heavy atom. The summed E-state index contributed by atoms with van der Waals surface area (Å²) in [5, 5.41) is 2.76. The number of nitrogens with zero attached hydrogens (tertiary/aromatic N) is 2. The largest absolute Gasteiger partial charge is 0.494 e. The van der Waals surface area contributed by atoms with Gasteiger partial charge in [0.05, 0.1) is 12.3 Å². The van der Waals surface area contributed by atoms with E-state index in [0.717, 1.165) is 30.6 Å². The monoisotopic (exact) mass is 481 g/mol. The average molecular weight is 482 g/mol. The number of halogens is 1. The SMILES string of the molecule is CCOc1ccc(N2C(=O)C(Cl)=C(Nc3ccc(C(=O)N(C)C4CCCCC4)cc3)C2=O)cc1. The molecule has 0 aromatic heterocycles. The van der Waals surface area contributed by atoms with E-state index < -0.39 is 11.8 Å². The van der Waals surface area contributed by atoms with Crippen molar-refractivity contribution < 1.29 is 19.1 Å². The zero-order valence-corrected chi connectivity index (χ0v) is 20.1. The minimum atomic E-state index is -0.598. The summed E-state index contributed by atoms with van der Waals surface area (Å²) >= 11 is 6.23. The highest BCUT2D eigenvalue weighted by Gasteiger charge is 2.39. The van der Waals surface area contributed by atoms with Crippen LogP contribution in [0, 0.1) is 0 Å². The molecule has 34 heavy (non-hydrogen) atoms. The van der Waals surface area contributed by atoms with Gasteiger partial charge in [-0.05, 0) is 68.3 Å². The third-order valence-corrected chi connectivity index (χ3v) is 6.63. The van der Waals surface area contributed by atoms with Gasteiger partial charge in [0.25, 0.3) is 17.7 Å². The molecule has 2 aromatic rings. The molecule has 0 spiro atoms. The molecule has 0 unspecified atom stereocenters. The van der Waals surface area contributed by atoms with Crippen LogP contribution in [-0.2, 0) is 9.59 Å². The molecule has 0 radical (unpaired) electrons. The van der Waals surface area contributed by atoms with E-state index in [9.17, 15) is 14.4 Å². The second kappa shape index (κ2) is 10.3. The molecule has 3 amide bonds. The molecule has 1 aliphatic carbocycles. The highest BCUT2D eigenvalue weighted by Crippen LogP contribution is 2.31. The molecule has 7 nitrogen and oxygen atoms in total. The first-order valence-electron chi connectivity index (χ1n) is 11.6. The van der Waals surface area contributed by atoms with Crippen molar-refractivity contribution in [2.45, 2.75) is 45.1 Å². The summed E-state index contributed by atoms with van der Waals surface area (Å²) in [4.78, 5) is 41.4. The summed E-state index contributed by atoms with van der Waals surface area (Å²) in [7, 11) is 1.85. The lowest BCUT2D eigenvalue weighted by Crippen LogP contribution is -2.38. The lowest BCUT2D eigenvalue weighted by molar-refractivity contribution is -0.120. The molecule has 0 bridgehead atoms. The van der Waals surface area contributed by atoms with E-state index >= 15 is 0 Å². The van der Waals surface area contributed by atoms with Crippen molar-refractivity contribution in [3.63, 3.8) is 0 Å². The van der Waals surface area contributed by atoms with Crippen LogP contribution in [0.1, 0.15) is 49.4 Å². The minimum Gasteiger partial charge on any atom is -0.494 e. The van der Waals surface area contributed by atoms with Crippen LogP contribution >= 0.6 is 11.6 Å². The maximum Gasteiger partial charge on any atom is 0.283 e. The first-order chi connectivity index (χ1) is 16.4. The number of hydrogen-bond acceptors (Lipinski definition) is 5. The van der Waals surface area contributed by atoms with Crippen LogP contribution in [0.15, 0.2) is 59.3 Å². The Balaban J connectivity index is 1.45. The average Bonchev–Trinajstić information content (AvgIpc) is 3.08. The maximum atomic E-state index is 13.0. The Morgan fingerprint density at radius 3 is 2.29 bits per heavy atom. The molecular weight excluding hydrogens is 454 g/mol. The number of anilines is 2. The second-order valence-electron chi connectivity index (χ2n) is 8.47. The number of benzene rings is 2.